The van der Waals surface area contributed by atoms with Gasteiger partial charge in [0.2, 0.25) is 0 Å². The van der Waals surface area contributed by atoms with Gasteiger partial charge in [-0.15, -0.1) is 0 Å². The van der Waals surface area contributed by atoms with Crippen LogP contribution in [0.4, 0.5) is 0 Å². The molecule has 1 aromatic rings. The number of hydrogen-bond donors (Lipinski definition) is 1. The van der Waals surface area contributed by atoms with Crippen LogP contribution in [-0.2, 0) is 16.0 Å². The van der Waals surface area contributed by atoms with Gasteiger partial charge in [0.25, 0.3) is 0 Å². The number of rotatable bonds is 12. The van der Waals surface area contributed by atoms with Crippen LogP contribution < -0.4 is 0 Å². The molecule has 0 aliphatic heterocycles. The molecule has 0 bridgehead atoms. The number of aromatic amines is 1. The molecule has 1 heterocycles. The maximum absolute atomic E-state index is 5.76. The van der Waals surface area contributed by atoms with E-state index in [1.807, 2.05) is 6.20 Å². The molecule has 2 atom stereocenters. The lowest BCUT2D eigenvalue weighted by Gasteiger charge is -2.35. The lowest BCUT2D eigenvalue weighted by atomic mass is 9.74. The minimum absolute atomic E-state index is 0.539. The van der Waals surface area contributed by atoms with Crippen molar-refractivity contribution < 1.29 is 9.47 Å². The highest BCUT2D eigenvalue weighted by molar-refractivity contribution is 5.21. The Labute approximate surface area is 159 Å². The van der Waals surface area contributed by atoms with Crippen LogP contribution in [0.3, 0.4) is 0 Å². The molecule has 1 aromatic heterocycles. The summed E-state index contributed by atoms with van der Waals surface area (Å²) in [5.74, 6) is 1.78. The van der Waals surface area contributed by atoms with Crippen molar-refractivity contribution in [3.05, 3.63) is 17.5 Å². The van der Waals surface area contributed by atoms with Crippen LogP contribution in [0.15, 0.2) is 6.20 Å². The number of unbranched alkanes of at least 4 members (excludes halogenated alkanes) is 1. The Morgan fingerprint density at radius 3 is 2.31 bits per heavy atom. The highest BCUT2D eigenvalue weighted by atomic mass is 16.5. The first-order chi connectivity index (χ1) is 12.7. The second kappa shape index (κ2) is 11.7. The molecule has 2 rings (SSSR count). The second-order valence-electron chi connectivity index (χ2n) is 7.86. The van der Waals surface area contributed by atoms with Crippen molar-refractivity contribution in [2.24, 2.45) is 11.8 Å². The van der Waals surface area contributed by atoms with Gasteiger partial charge < -0.3 is 14.4 Å². The third-order valence-electron chi connectivity index (χ3n) is 5.51. The van der Waals surface area contributed by atoms with Gasteiger partial charge >= 0.3 is 0 Å². The Morgan fingerprint density at radius 2 is 1.73 bits per heavy atom. The van der Waals surface area contributed by atoms with Gasteiger partial charge in [0, 0.05) is 50.1 Å². The smallest absolute Gasteiger partial charge is 0.0535 e. The predicted molar refractivity (Wildman–Crippen MR) is 106 cm³/mol. The Bertz CT molecular complexity index is 475. The fraction of sp³-hybridized carbons (Fsp3) is 0.857. The van der Waals surface area contributed by atoms with Crippen LogP contribution in [0.2, 0.25) is 0 Å². The number of H-pyrrole nitrogens is 1. The highest BCUT2D eigenvalue weighted by Gasteiger charge is 2.32. The first-order valence-electron chi connectivity index (χ1n) is 10.5. The summed E-state index contributed by atoms with van der Waals surface area (Å²) >= 11 is 0. The Kier molecular flexibility index (Phi) is 9.65. The maximum atomic E-state index is 5.76. The summed E-state index contributed by atoms with van der Waals surface area (Å²) in [7, 11) is 2.21. The molecule has 2 unspecified atom stereocenters. The van der Waals surface area contributed by atoms with E-state index in [0.717, 1.165) is 39.5 Å². The molecule has 1 fully saturated rings. The van der Waals surface area contributed by atoms with Gasteiger partial charge in [-0.25, -0.2) is 0 Å². The van der Waals surface area contributed by atoms with Gasteiger partial charge in [0.05, 0.1) is 6.20 Å². The van der Waals surface area contributed by atoms with Crippen molar-refractivity contribution in [3.8, 4) is 0 Å². The summed E-state index contributed by atoms with van der Waals surface area (Å²) in [6.45, 7) is 11.9. The van der Waals surface area contributed by atoms with E-state index in [-0.39, 0.29) is 0 Å². The zero-order valence-corrected chi connectivity index (χ0v) is 17.3. The number of hydrogen-bond acceptors (Lipinski definition) is 4. The van der Waals surface area contributed by atoms with Gasteiger partial charge in [-0.1, -0.05) is 13.3 Å². The summed E-state index contributed by atoms with van der Waals surface area (Å²) in [6, 6.07) is 0. The fourth-order valence-corrected chi connectivity index (χ4v) is 4.24. The summed E-state index contributed by atoms with van der Waals surface area (Å²) in [6.07, 6.45) is 8.12. The van der Waals surface area contributed by atoms with Gasteiger partial charge in [-0.2, -0.15) is 5.10 Å². The lowest BCUT2D eigenvalue weighted by molar-refractivity contribution is 0.0425. The van der Waals surface area contributed by atoms with E-state index in [1.54, 1.807) is 0 Å². The van der Waals surface area contributed by atoms with Gasteiger partial charge in [-0.3, -0.25) is 5.10 Å². The zero-order chi connectivity index (χ0) is 18.8. The highest BCUT2D eigenvalue weighted by Crippen LogP contribution is 2.40. The van der Waals surface area contributed by atoms with Crippen LogP contribution >= 0.6 is 0 Å². The minimum Gasteiger partial charge on any atom is -0.381 e. The molecule has 150 valence electrons. The molecule has 5 nitrogen and oxygen atoms in total. The molecule has 5 heteroatoms. The Morgan fingerprint density at radius 1 is 1.08 bits per heavy atom. The number of nitrogens with one attached hydrogen (secondary N) is 1. The lowest BCUT2D eigenvalue weighted by Crippen LogP contribution is -2.28. The van der Waals surface area contributed by atoms with Crippen molar-refractivity contribution in [2.45, 2.75) is 65.3 Å². The van der Waals surface area contributed by atoms with Crippen molar-refractivity contribution in [3.63, 3.8) is 0 Å². The third-order valence-corrected chi connectivity index (χ3v) is 5.51. The molecule has 1 aliphatic rings. The van der Waals surface area contributed by atoms with Crippen molar-refractivity contribution in [1.29, 1.82) is 0 Å². The van der Waals surface area contributed by atoms with Crippen LogP contribution in [-0.4, -0.2) is 55.1 Å². The molecular weight excluding hydrogens is 326 g/mol. The standard InChI is InChI=1S/C21H39N3O2/c1-5-8-9-24(4)14-20-13-22-23-21(20)19-11-17(15-25-6-2)10-18(12-19)16-26-7-3/h13,17-19H,5-12,14-16H2,1-4H3,(H,22,23). The third kappa shape index (κ3) is 6.67. The summed E-state index contributed by atoms with van der Waals surface area (Å²) in [5.41, 5.74) is 2.71. The van der Waals surface area contributed by atoms with E-state index in [9.17, 15) is 0 Å². The van der Waals surface area contributed by atoms with Crippen LogP contribution in [0.1, 0.15) is 70.1 Å². The van der Waals surface area contributed by atoms with Crippen LogP contribution in [0.25, 0.3) is 0 Å². The van der Waals surface area contributed by atoms with Crippen molar-refractivity contribution in [1.82, 2.24) is 15.1 Å². The normalized spacial score (nSPS) is 23.7. The quantitative estimate of drug-likeness (QED) is 0.603. The molecule has 0 radical (unpaired) electrons. The minimum atomic E-state index is 0.539. The molecule has 0 spiro atoms. The van der Waals surface area contributed by atoms with E-state index in [2.05, 4.69) is 42.9 Å². The molecular formula is C21H39N3O2. The van der Waals surface area contributed by atoms with Crippen molar-refractivity contribution >= 4 is 0 Å². The average molecular weight is 366 g/mol. The monoisotopic (exact) mass is 365 g/mol. The average Bonchev–Trinajstić information content (AvgIpc) is 3.10. The Balaban J connectivity index is 2.03. The SMILES string of the molecule is CCCCN(C)Cc1cn[nH]c1C1CC(COCC)CC(COCC)C1. The van der Waals surface area contributed by atoms with E-state index in [1.165, 1.54) is 43.4 Å². The summed E-state index contributed by atoms with van der Waals surface area (Å²) in [4.78, 5) is 2.41. The topological polar surface area (TPSA) is 50.4 Å². The largest absolute Gasteiger partial charge is 0.381 e. The predicted octanol–water partition coefficient (Wildman–Crippen LogP) is 4.21. The van der Waals surface area contributed by atoms with E-state index >= 15 is 0 Å². The first-order valence-corrected chi connectivity index (χ1v) is 10.5. The number of nitrogens with zero attached hydrogens (tertiary/aromatic N) is 2. The van der Waals surface area contributed by atoms with E-state index < -0.39 is 0 Å². The second-order valence-corrected chi connectivity index (χ2v) is 7.86. The molecule has 0 saturated heterocycles. The molecule has 1 N–H and O–H groups in total. The van der Waals surface area contributed by atoms with Crippen LogP contribution in [0, 0.1) is 11.8 Å². The first kappa shape index (κ1) is 21.4. The molecule has 0 amide bonds. The molecule has 1 saturated carbocycles. The molecule has 26 heavy (non-hydrogen) atoms. The van der Waals surface area contributed by atoms with Crippen LogP contribution in [0.5, 0.6) is 0 Å². The number of ether oxygens (including phenoxy) is 2. The van der Waals surface area contributed by atoms with Gasteiger partial charge in [0.1, 0.15) is 0 Å². The van der Waals surface area contributed by atoms with Gasteiger partial charge in [0.15, 0.2) is 0 Å². The zero-order valence-electron chi connectivity index (χ0n) is 17.3. The maximum Gasteiger partial charge on any atom is 0.0535 e. The van der Waals surface area contributed by atoms with E-state index in [4.69, 9.17) is 9.47 Å². The van der Waals surface area contributed by atoms with Crippen molar-refractivity contribution in [2.75, 3.05) is 40.0 Å². The number of aromatic nitrogens is 2. The fourth-order valence-electron chi connectivity index (χ4n) is 4.24. The molecule has 0 aromatic carbocycles. The summed E-state index contributed by atoms with van der Waals surface area (Å²) < 4.78 is 11.5. The van der Waals surface area contributed by atoms with E-state index in [0.29, 0.717) is 17.8 Å². The molecule has 1 aliphatic carbocycles. The van der Waals surface area contributed by atoms with Gasteiger partial charge in [-0.05, 0) is 65.0 Å². The summed E-state index contributed by atoms with van der Waals surface area (Å²) in [5, 5.41) is 7.72. The Hall–Kier alpha value is -0.910.